The van der Waals surface area contributed by atoms with Crippen LogP contribution in [0, 0.1) is 0 Å². The molecule has 0 aromatic heterocycles. The van der Waals surface area contributed by atoms with Gasteiger partial charge in [0.05, 0.1) is 0 Å². The summed E-state index contributed by atoms with van der Waals surface area (Å²) in [5.74, 6) is 1.49. The molecular formula is C20H24N2O5. The van der Waals surface area contributed by atoms with Gasteiger partial charge in [0.25, 0.3) is 0 Å². The first-order valence-electron chi connectivity index (χ1n) is 8.82. The second kappa shape index (κ2) is 7.85. The molecule has 2 aliphatic rings. The van der Waals surface area contributed by atoms with Crippen LogP contribution < -0.4 is 15.5 Å². The van der Waals surface area contributed by atoms with Crippen LogP contribution in [0.4, 0.5) is 10.5 Å². The van der Waals surface area contributed by atoms with Crippen molar-refractivity contribution in [2.75, 3.05) is 12.4 Å². The van der Waals surface area contributed by atoms with Gasteiger partial charge in [-0.1, -0.05) is 12.5 Å². The highest BCUT2D eigenvalue weighted by Gasteiger charge is 2.37. The molecule has 1 aromatic rings. The van der Waals surface area contributed by atoms with Crippen molar-refractivity contribution in [1.82, 2.24) is 5.48 Å². The quantitative estimate of drug-likeness (QED) is 0.531. The van der Waals surface area contributed by atoms with Crippen molar-refractivity contribution in [3.63, 3.8) is 0 Å². The molecule has 1 aliphatic carbocycles. The van der Waals surface area contributed by atoms with Crippen LogP contribution in [0.2, 0.25) is 0 Å². The zero-order valence-electron chi connectivity index (χ0n) is 15.7. The SMILES string of the molecule is CCC1(OC)CC(C)=C2CC=C(Oc3ccc(NC(=O)NO)cc3)C=C2O1. The summed E-state index contributed by atoms with van der Waals surface area (Å²) in [6.07, 6.45) is 6.15. The molecule has 3 rings (SSSR count). The normalized spacial score (nSPS) is 21.5. The summed E-state index contributed by atoms with van der Waals surface area (Å²) in [6.45, 7) is 4.16. The van der Waals surface area contributed by atoms with E-state index in [1.54, 1.807) is 31.4 Å². The number of carbonyl (C=O) groups excluding carboxylic acids is 1. The molecule has 7 heteroatoms. The molecular weight excluding hydrogens is 348 g/mol. The van der Waals surface area contributed by atoms with E-state index in [0.29, 0.717) is 17.2 Å². The number of amides is 2. The van der Waals surface area contributed by atoms with Gasteiger partial charge in [-0.05, 0) is 49.3 Å². The lowest BCUT2D eigenvalue weighted by Crippen LogP contribution is -2.38. The Balaban J connectivity index is 1.73. The van der Waals surface area contributed by atoms with Crippen molar-refractivity contribution in [3.8, 4) is 5.75 Å². The predicted molar refractivity (Wildman–Crippen MR) is 100 cm³/mol. The Morgan fingerprint density at radius 3 is 2.70 bits per heavy atom. The molecule has 0 fully saturated rings. The summed E-state index contributed by atoms with van der Waals surface area (Å²) < 4.78 is 17.7. The molecule has 7 nitrogen and oxygen atoms in total. The fraction of sp³-hybridized carbons (Fsp3) is 0.350. The molecule has 1 atom stereocenters. The number of nitrogens with one attached hydrogen (secondary N) is 2. The van der Waals surface area contributed by atoms with Crippen LogP contribution in [-0.2, 0) is 9.47 Å². The third-order valence-corrected chi connectivity index (χ3v) is 4.78. The summed E-state index contributed by atoms with van der Waals surface area (Å²) >= 11 is 0. The Bertz CT molecular complexity index is 804. The molecule has 1 unspecified atom stereocenters. The molecule has 27 heavy (non-hydrogen) atoms. The lowest BCUT2D eigenvalue weighted by Gasteiger charge is -2.39. The summed E-state index contributed by atoms with van der Waals surface area (Å²) in [5, 5.41) is 11.0. The van der Waals surface area contributed by atoms with Crippen LogP contribution in [0.3, 0.4) is 0 Å². The van der Waals surface area contributed by atoms with Crippen LogP contribution >= 0.6 is 0 Å². The van der Waals surface area contributed by atoms with E-state index in [1.165, 1.54) is 16.6 Å². The van der Waals surface area contributed by atoms with Crippen molar-refractivity contribution >= 4 is 11.7 Å². The molecule has 144 valence electrons. The zero-order chi connectivity index (χ0) is 19.4. The number of hydroxylamine groups is 1. The van der Waals surface area contributed by atoms with E-state index in [9.17, 15) is 4.79 Å². The van der Waals surface area contributed by atoms with Crippen LogP contribution in [0.1, 0.15) is 33.1 Å². The van der Waals surface area contributed by atoms with Crippen molar-refractivity contribution in [3.05, 3.63) is 59.1 Å². The van der Waals surface area contributed by atoms with Crippen LogP contribution in [0.5, 0.6) is 5.75 Å². The van der Waals surface area contributed by atoms with Gasteiger partial charge in [0.2, 0.25) is 5.79 Å². The van der Waals surface area contributed by atoms with Crippen molar-refractivity contribution < 1.29 is 24.2 Å². The van der Waals surface area contributed by atoms with E-state index in [4.69, 9.17) is 19.4 Å². The maximum Gasteiger partial charge on any atom is 0.342 e. The van der Waals surface area contributed by atoms with Gasteiger partial charge in [0.15, 0.2) is 0 Å². The number of carbonyl (C=O) groups is 1. The largest absolute Gasteiger partial charge is 0.462 e. The van der Waals surface area contributed by atoms with E-state index in [-0.39, 0.29) is 0 Å². The molecule has 1 heterocycles. The number of methoxy groups -OCH3 is 1. The van der Waals surface area contributed by atoms with Gasteiger partial charge in [-0.2, -0.15) is 0 Å². The van der Waals surface area contributed by atoms with Gasteiger partial charge in [-0.3, -0.25) is 5.21 Å². The minimum Gasteiger partial charge on any atom is -0.462 e. The second-order valence-electron chi connectivity index (χ2n) is 6.52. The minimum atomic E-state index is -0.704. The lowest BCUT2D eigenvalue weighted by molar-refractivity contribution is -0.203. The number of rotatable bonds is 5. The maximum atomic E-state index is 11.1. The fourth-order valence-corrected chi connectivity index (χ4v) is 3.23. The summed E-state index contributed by atoms with van der Waals surface area (Å²) in [5.41, 5.74) is 4.50. The number of fused-ring (bicyclic) bond motifs is 1. The average molecular weight is 372 g/mol. The van der Waals surface area contributed by atoms with Crippen molar-refractivity contribution in [2.24, 2.45) is 0 Å². The number of hydrogen-bond donors (Lipinski definition) is 3. The number of anilines is 1. The highest BCUT2D eigenvalue weighted by molar-refractivity contribution is 5.88. The zero-order valence-corrected chi connectivity index (χ0v) is 15.7. The van der Waals surface area contributed by atoms with E-state index in [1.807, 2.05) is 19.1 Å². The fourth-order valence-electron chi connectivity index (χ4n) is 3.23. The maximum absolute atomic E-state index is 11.1. The van der Waals surface area contributed by atoms with E-state index < -0.39 is 11.8 Å². The Hall–Kier alpha value is -2.77. The molecule has 0 saturated heterocycles. The topological polar surface area (TPSA) is 89.1 Å². The molecule has 0 spiro atoms. The monoisotopic (exact) mass is 372 g/mol. The van der Waals surface area contributed by atoms with Gasteiger partial charge < -0.3 is 19.5 Å². The smallest absolute Gasteiger partial charge is 0.342 e. The first-order chi connectivity index (χ1) is 13.0. The lowest BCUT2D eigenvalue weighted by atomic mass is 9.90. The minimum absolute atomic E-state index is 0.536. The van der Waals surface area contributed by atoms with Gasteiger partial charge in [-0.25, -0.2) is 10.3 Å². The standard InChI is InChI=1S/C20H24N2O5/c1-4-20(25-3)12-13(2)17-10-9-16(11-18(17)27-20)26-15-7-5-14(6-8-15)21-19(23)22-24/h5-9,11,24H,4,10,12H2,1-3H3,(H2,21,22,23). The second-order valence-corrected chi connectivity index (χ2v) is 6.52. The highest BCUT2D eigenvalue weighted by atomic mass is 16.7. The summed E-state index contributed by atoms with van der Waals surface area (Å²) in [7, 11) is 1.67. The molecule has 0 saturated carbocycles. The third kappa shape index (κ3) is 4.15. The first-order valence-corrected chi connectivity index (χ1v) is 8.82. The van der Waals surface area contributed by atoms with E-state index >= 15 is 0 Å². The molecule has 0 bridgehead atoms. The number of allylic oxidation sites excluding steroid dienone is 3. The van der Waals surface area contributed by atoms with Crippen LogP contribution in [0.15, 0.2) is 59.1 Å². The van der Waals surface area contributed by atoms with Crippen LogP contribution in [-0.4, -0.2) is 24.1 Å². The molecule has 1 aliphatic heterocycles. The highest BCUT2D eigenvalue weighted by Crippen LogP contribution is 2.41. The Morgan fingerprint density at radius 1 is 1.33 bits per heavy atom. The number of urea groups is 1. The Morgan fingerprint density at radius 2 is 2.07 bits per heavy atom. The van der Waals surface area contributed by atoms with Crippen molar-refractivity contribution in [1.29, 1.82) is 0 Å². The molecule has 3 N–H and O–H groups in total. The molecule has 0 radical (unpaired) electrons. The van der Waals surface area contributed by atoms with Gasteiger partial charge in [-0.15, -0.1) is 0 Å². The van der Waals surface area contributed by atoms with Gasteiger partial charge in [0.1, 0.15) is 17.3 Å². The van der Waals surface area contributed by atoms with Gasteiger partial charge in [0, 0.05) is 31.7 Å². The number of hydrogen-bond acceptors (Lipinski definition) is 5. The van der Waals surface area contributed by atoms with E-state index in [2.05, 4.69) is 12.2 Å². The molecule has 2 amide bonds. The third-order valence-electron chi connectivity index (χ3n) is 4.78. The summed E-state index contributed by atoms with van der Waals surface area (Å²) in [6, 6.07) is 6.12. The van der Waals surface area contributed by atoms with Crippen molar-refractivity contribution in [2.45, 2.75) is 38.9 Å². The van der Waals surface area contributed by atoms with Gasteiger partial charge >= 0.3 is 6.03 Å². The Kier molecular flexibility index (Phi) is 5.53. The van der Waals surface area contributed by atoms with Crippen LogP contribution in [0.25, 0.3) is 0 Å². The Labute approximate surface area is 158 Å². The predicted octanol–water partition coefficient (Wildman–Crippen LogP) is 4.24. The molecule has 1 aromatic carbocycles. The summed E-state index contributed by atoms with van der Waals surface area (Å²) in [4.78, 5) is 11.1. The number of ether oxygens (including phenoxy) is 3. The average Bonchev–Trinajstić information content (AvgIpc) is 2.69. The van der Waals surface area contributed by atoms with E-state index in [0.717, 1.165) is 25.0 Å². The first kappa shape index (κ1) is 19.0. The number of benzene rings is 1.